The Morgan fingerprint density at radius 2 is 2.00 bits per heavy atom. The topological polar surface area (TPSA) is 39.9 Å². The molecule has 0 aliphatic rings. The number of alkyl halides is 1. The van der Waals surface area contributed by atoms with Crippen molar-refractivity contribution in [3.8, 4) is 5.88 Å². The van der Waals surface area contributed by atoms with E-state index in [1.807, 2.05) is 12.1 Å². The minimum Gasteiger partial charge on any atom is -0.481 e. The lowest BCUT2D eigenvalue weighted by molar-refractivity contribution is 0.262. The molecule has 4 nitrogen and oxygen atoms in total. The molecule has 5 heteroatoms. The molecule has 2 aromatic heterocycles. The third-order valence-corrected chi connectivity index (χ3v) is 3.79. The van der Waals surface area contributed by atoms with Crippen LogP contribution in [0.25, 0.3) is 11.2 Å². The molecule has 0 saturated carbocycles. The van der Waals surface area contributed by atoms with Crippen LogP contribution in [0.3, 0.4) is 0 Å². The smallest absolute Gasteiger partial charge is 0.215 e. The molecule has 1 atom stereocenters. The first-order valence-electron chi connectivity index (χ1n) is 6.36. The second kappa shape index (κ2) is 5.00. The highest BCUT2D eigenvalue weighted by atomic mass is 35.5. The molecule has 0 aliphatic heterocycles. The molecular formula is C14H20ClN3O. The van der Waals surface area contributed by atoms with Crippen LogP contribution in [0.15, 0.2) is 12.1 Å². The number of methoxy groups -OCH3 is 1. The van der Waals surface area contributed by atoms with E-state index in [0.29, 0.717) is 11.8 Å². The Morgan fingerprint density at radius 1 is 1.32 bits per heavy atom. The summed E-state index contributed by atoms with van der Waals surface area (Å²) in [5.74, 6) is 1.81. The fourth-order valence-electron chi connectivity index (χ4n) is 2.01. The highest BCUT2D eigenvalue weighted by Crippen LogP contribution is 2.34. The zero-order valence-corrected chi connectivity index (χ0v) is 12.8. The van der Waals surface area contributed by atoms with Crippen molar-refractivity contribution >= 4 is 22.8 Å². The summed E-state index contributed by atoms with van der Waals surface area (Å²) in [5.41, 5.74) is 1.78. The molecule has 0 amide bonds. The van der Waals surface area contributed by atoms with Crippen molar-refractivity contribution in [3.05, 3.63) is 18.0 Å². The Balaban J connectivity index is 2.68. The minimum absolute atomic E-state index is 0.0964. The highest BCUT2D eigenvalue weighted by Gasteiger charge is 2.26. The van der Waals surface area contributed by atoms with Gasteiger partial charge in [0.25, 0.3) is 0 Å². The van der Waals surface area contributed by atoms with E-state index in [1.54, 1.807) is 7.11 Å². The standard InChI is InChI=1S/C14H20ClN3O/c1-9(14(2,3)4)18-11(8-15)16-10-6-7-12(19-5)17-13(10)18/h6-7,9H,8H2,1-5H3. The molecule has 1 unspecified atom stereocenters. The second-order valence-electron chi connectivity index (χ2n) is 5.77. The molecule has 0 aliphatic carbocycles. The predicted octanol–water partition coefficient (Wildman–Crippen LogP) is 3.79. The third kappa shape index (κ3) is 2.54. The summed E-state index contributed by atoms with van der Waals surface area (Å²) in [6, 6.07) is 3.98. The molecule has 2 aromatic rings. The van der Waals surface area contributed by atoms with Gasteiger partial charge in [-0.3, -0.25) is 0 Å². The monoisotopic (exact) mass is 281 g/mol. The van der Waals surface area contributed by atoms with Gasteiger partial charge < -0.3 is 9.30 Å². The maximum absolute atomic E-state index is 6.03. The van der Waals surface area contributed by atoms with Crippen LogP contribution in [0.1, 0.15) is 39.6 Å². The van der Waals surface area contributed by atoms with Gasteiger partial charge in [0.05, 0.1) is 13.0 Å². The third-order valence-electron chi connectivity index (χ3n) is 3.55. The van der Waals surface area contributed by atoms with E-state index >= 15 is 0 Å². The van der Waals surface area contributed by atoms with E-state index < -0.39 is 0 Å². The average molecular weight is 282 g/mol. The molecule has 0 N–H and O–H groups in total. The van der Waals surface area contributed by atoms with Crippen molar-refractivity contribution in [1.82, 2.24) is 14.5 Å². The van der Waals surface area contributed by atoms with Gasteiger partial charge in [-0.15, -0.1) is 11.6 Å². The van der Waals surface area contributed by atoms with E-state index in [-0.39, 0.29) is 11.5 Å². The van der Waals surface area contributed by atoms with Crippen molar-refractivity contribution in [2.24, 2.45) is 5.41 Å². The van der Waals surface area contributed by atoms with E-state index in [9.17, 15) is 0 Å². The lowest BCUT2D eigenvalue weighted by Crippen LogP contribution is -2.23. The summed E-state index contributed by atoms with van der Waals surface area (Å²) in [4.78, 5) is 9.07. The molecule has 0 aromatic carbocycles. The number of fused-ring (bicyclic) bond motifs is 1. The van der Waals surface area contributed by atoms with E-state index in [4.69, 9.17) is 16.3 Å². The number of aromatic nitrogens is 3. The number of ether oxygens (including phenoxy) is 1. The number of nitrogens with zero attached hydrogens (tertiary/aromatic N) is 3. The van der Waals surface area contributed by atoms with Gasteiger partial charge in [-0.2, -0.15) is 4.98 Å². The number of rotatable bonds is 3. The second-order valence-corrected chi connectivity index (χ2v) is 6.04. The van der Waals surface area contributed by atoms with Crippen molar-refractivity contribution in [2.75, 3.05) is 7.11 Å². The van der Waals surface area contributed by atoms with Crippen molar-refractivity contribution in [3.63, 3.8) is 0 Å². The predicted molar refractivity (Wildman–Crippen MR) is 77.8 cm³/mol. The Bertz CT molecular complexity index is 586. The van der Waals surface area contributed by atoms with E-state index in [0.717, 1.165) is 17.0 Å². The normalized spacial score (nSPS) is 13.8. The Hall–Kier alpha value is -1.29. The molecular weight excluding hydrogens is 262 g/mol. The Morgan fingerprint density at radius 3 is 2.53 bits per heavy atom. The van der Waals surface area contributed by atoms with E-state index in [2.05, 4.69) is 42.2 Å². The summed E-state index contributed by atoms with van der Waals surface area (Å²) in [6.45, 7) is 8.75. The van der Waals surface area contributed by atoms with Crippen LogP contribution in [0.5, 0.6) is 5.88 Å². The van der Waals surface area contributed by atoms with Gasteiger partial charge in [0.15, 0.2) is 5.65 Å². The van der Waals surface area contributed by atoms with Crippen LogP contribution in [0.2, 0.25) is 0 Å². The molecule has 0 spiro atoms. The van der Waals surface area contributed by atoms with Gasteiger partial charge in [0, 0.05) is 12.1 Å². The zero-order valence-electron chi connectivity index (χ0n) is 12.1. The van der Waals surface area contributed by atoms with Crippen LogP contribution in [-0.4, -0.2) is 21.6 Å². The molecule has 104 valence electrons. The minimum atomic E-state index is 0.0964. The first-order valence-corrected chi connectivity index (χ1v) is 6.89. The van der Waals surface area contributed by atoms with Gasteiger partial charge >= 0.3 is 0 Å². The van der Waals surface area contributed by atoms with E-state index in [1.165, 1.54) is 0 Å². The highest BCUT2D eigenvalue weighted by molar-refractivity contribution is 6.16. The molecule has 0 fully saturated rings. The molecule has 0 saturated heterocycles. The fraction of sp³-hybridized carbons (Fsp3) is 0.571. The van der Waals surface area contributed by atoms with Crippen molar-refractivity contribution in [2.45, 2.75) is 39.6 Å². The van der Waals surface area contributed by atoms with Crippen molar-refractivity contribution in [1.29, 1.82) is 0 Å². The molecule has 0 radical (unpaired) electrons. The van der Waals surface area contributed by atoms with Gasteiger partial charge in [0.2, 0.25) is 5.88 Å². The van der Waals surface area contributed by atoms with Crippen molar-refractivity contribution < 1.29 is 4.74 Å². The lowest BCUT2D eigenvalue weighted by atomic mass is 9.88. The number of imidazole rings is 1. The number of hydrogen-bond acceptors (Lipinski definition) is 3. The SMILES string of the molecule is COc1ccc2nc(CCl)n(C(C)C(C)(C)C)c2n1. The van der Waals surface area contributed by atoms with Crippen LogP contribution < -0.4 is 4.74 Å². The van der Waals surface area contributed by atoms with Crippen LogP contribution in [-0.2, 0) is 5.88 Å². The van der Waals surface area contributed by atoms with Gasteiger partial charge in [0.1, 0.15) is 11.3 Å². The Labute approximate surface area is 118 Å². The fourth-order valence-corrected chi connectivity index (χ4v) is 2.19. The molecule has 2 heterocycles. The first kappa shape index (κ1) is 14.1. The average Bonchev–Trinajstić information content (AvgIpc) is 2.73. The maximum atomic E-state index is 6.03. The van der Waals surface area contributed by atoms with Gasteiger partial charge in [-0.1, -0.05) is 20.8 Å². The molecule has 0 bridgehead atoms. The summed E-state index contributed by atoms with van der Waals surface area (Å²) >= 11 is 6.03. The summed E-state index contributed by atoms with van der Waals surface area (Å²) in [6.07, 6.45) is 0. The number of pyridine rings is 1. The van der Waals surface area contributed by atoms with Gasteiger partial charge in [-0.25, -0.2) is 4.98 Å². The molecule has 2 rings (SSSR count). The van der Waals surface area contributed by atoms with Gasteiger partial charge in [-0.05, 0) is 18.4 Å². The number of hydrogen-bond donors (Lipinski definition) is 0. The maximum Gasteiger partial charge on any atom is 0.215 e. The summed E-state index contributed by atoms with van der Waals surface area (Å²) in [7, 11) is 1.62. The quantitative estimate of drug-likeness (QED) is 0.804. The molecule has 19 heavy (non-hydrogen) atoms. The van der Waals surface area contributed by atoms with Crippen LogP contribution in [0, 0.1) is 5.41 Å². The number of halogens is 1. The summed E-state index contributed by atoms with van der Waals surface area (Å²) in [5, 5.41) is 0. The first-order chi connectivity index (χ1) is 8.88. The Kier molecular flexibility index (Phi) is 3.72. The summed E-state index contributed by atoms with van der Waals surface area (Å²) < 4.78 is 7.32. The van der Waals surface area contributed by atoms with Crippen LogP contribution >= 0.6 is 11.6 Å². The van der Waals surface area contributed by atoms with Crippen LogP contribution in [0.4, 0.5) is 0 Å². The zero-order chi connectivity index (χ0) is 14.2. The largest absolute Gasteiger partial charge is 0.481 e. The lowest BCUT2D eigenvalue weighted by Gasteiger charge is -2.29.